The zero-order valence-corrected chi connectivity index (χ0v) is 16.1. The van der Waals surface area contributed by atoms with E-state index in [1.54, 1.807) is 20.3 Å². The molecule has 0 amide bonds. The van der Waals surface area contributed by atoms with E-state index in [0.717, 1.165) is 15.6 Å². The average Bonchev–Trinajstić information content (AvgIpc) is 2.46. The summed E-state index contributed by atoms with van der Waals surface area (Å²) in [6, 6.07) is 8.35. The van der Waals surface area contributed by atoms with Gasteiger partial charge >= 0.3 is 0 Å². The summed E-state index contributed by atoms with van der Waals surface area (Å²) in [5, 5.41) is 0. The van der Waals surface area contributed by atoms with Gasteiger partial charge in [0, 0.05) is 8.95 Å². The lowest BCUT2D eigenvalue weighted by Crippen LogP contribution is -1.99. The highest BCUT2D eigenvalue weighted by Crippen LogP contribution is 2.43. The Morgan fingerprint density at radius 2 is 1.48 bits per heavy atom. The lowest BCUT2D eigenvalue weighted by atomic mass is 10.0. The number of hydrogen-bond acceptors (Lipinski definition) is 2. The van der Waals surface area contributed by atoms with Gasteiger partial charge in [-0.3, -0.25) is 0 Å². The molecule has 6 heteroatoms. The summed E-state index contributed by atoms with van der Waals surface area (Å²) in [6.07, 6.45) is 0. The maximum atomic E-state index is 13.2. The van der Waals surface area contributed by atoms with Crippen LogP contribution >= 0.6 is 47.8 Å². The Morgan fingerprint density at radius 3 is 2.05 bits per heavy atom. The van der Waals surface area contributed by atoms with Crippen molar-refractivity contribution < 1.29 is 13.9 Å². The Balaban J connectivity index is 2.50. The van der Waals surface area contributed by atoms with E-state index in [1.165, 1.54) is 12.1 Å². The molecule has 0 saturated carbocycles. The molecule has 0 aliphatic carbocycles. The molecule has 0 bridgehead atoms. The molecule has 0 radical (unpaired) electrons. The van der Waals surface area contributed by atoms with Gasteiger partial charge < -0.3 is 9.47 Å². The van der Waals surface area contributed by atoms with Gasteiger partial charge in [0.2, 0.25) is 0 Å². The number of benzene rings is 2. The molecular weight excluding hydrogens is 471 g/mol. The Morgan fingerprint density at radius 1 is 0.905 bits per heavy atom. The quantitative estimate of drug-likeness (QED) is 0.509. The molecule has 0 aliphatic heterocycles. The Hall–Kier alpha value is -0.590. The van der Waals surface area contributed by atoms with E-state index >= 15 is 0 Å². The molecule has 0 aromatic heterocycles. The zero-order valence-electron chi connectivity index (χ0n) is 11.3. The summed E-state index contributed by atoms with van der Waals surface area (Å²) in [6.45, 7) is 0. The van der Waals surface area contributed by atoms with Gasteiger partial charge in [0.05, 0.1) is 19.0 Å². The van der Waals surface area contributed by atoms with E-state index < -0.39 is 0 Å². The Labute approximate surface area is 148 Å². The molecule has 2 aromatic carbocycles. The molecular formula is C15H12Br3FO2. The molecule has 2 aromatic rings. The highest BCUT2D eigenvalue weighted by atomic mass is 79.9. The average molecular weight is 483 g/mol. The van der Waals surface area contributed by atoms with Crippen LogP contribution in [0.2, 0.25) is 0 Å². The zero-order chi connectivity index (χ0) is 15.6. The number of rotatable bonds is 4. The molecule has 112 valence electrons. The lowest BCUT2D eigenvalue weighted by molar-refractivity contribution is 0.354. The third-order valence-corrected chi connectivity index (χ3v) is 5.37. The molecule has 2 rings (SSSR count). The number of hydrogen-bond donors (Lipinski definition) is 0. The SMILES string of the molecule is COc1cc(Br)c(C(Br)c2ccc(F)cc2Br)cc1OC. The van der Waals surface area contributed by atoms with Crippen molar-refractivity contribution in [3.63, 3.8) is 0 Å². The second kappa shape index (κ2) is 7.11. The fraction of sp³-hybridized carbons (Fsp3) is 0.200. The molecule has 0 fully saturated rings. The molecule has 1 atom stereocenters. The van der Waals surface area contributed by atoms with E-state index in [2.05, 4.69) is 47.8 Å². The van der Waals surface area contributed by atoms with Crippen LogP contribution in [0, 0.1) is 5.82 Å². The van der Waals surface area contributed by atoms with Gasteiger partial charge in [-0.25, -0.2) is 4.39 Å². The minimum Gasteiger partial charge on any atom is -0.493 e. The van der Waals surface area contributed by atoms with Crippen molar-refractivity contribution in [2.75, 3.05) is 14.2 Å². The van der Waals surface area contributed by atoms with Crippen molar-refractivity contribution >= 4 is 47.8 Å². The normalized spacial score (nSPS) is 12.1. The summed E-state index contributed by atoms with van der Waals surface area (Å²) in [4.78, 5) is -0.123. The minimum absolute atomic E-state index is 0.123. The topological polar surface area (TPSA) is 18.5 Å². The molecule has 1 unspecified atom stereocenters. The maximum absolute atomic E-state index is 13.2. The number of alkyl halides is 1. The molecule has 0 aliphatic rings. The number of ether oxygens (including phenoxy) is 2. The number of halogens is 4. The van der Waals surface area contributed by atoms with Gasteiger partial charge in [0.1, 0.15) is 5.82 Å². The molecule has 0 spiro atoms. The van der Waals surface area contributed by atoms with Crippen LogP contribution in [-0.4, -0.2) is 14.2 Å². The summed E-state index contributed by atoms with van der Waals surface area (Å²) in [5.41, 5.74) is 1.88. The lowest BCUT2D eigenvalue weighted by Gasteiger charge is -2.17. The molecule has 21 heavy (non-hydrogen) atoms. The molecule has 0 saturated heterocycles. The van der Waals surface area contributed by atoms with Crippen molar-refractivity contribution in [3.05, 3.63) is 56.2 Å². The number of methoxy groups -OCH3 is 2. The van der Waals surface area contributed by atoms with Gasteiger partial charge in [-0.05, 0) is 35.4 Å². The first-order chi connectivity index (χ1) is 9.97. The smallest absolute Gasteiger partial charge is 0.161 e. The summed E-state index contributed by atoms with van der Waals surface area (Å²) >= 11 is 10.6. The van der Waals surface area contributed by atoms with E-state index in [1.807, 2.05) is 12.1 Å². The predicted molar refractivity (Wildman–Crippen MR) is 92.1 cm³/mol. The monoisotopic (exact) mass is 480 g/mol. The Bertz CT molecular complexity index is 662. The first kappa shape index (κ1) is 16.8. The van der Waals surface area contributed by atoms with Gasteiger partial charge in [-0.1, -0.05) is 53.9 Å². The third-order valence-electron chi connectivity index (χ3n) is 3.01. The van der Waals surface area contributed by atoms with E-state index in [0.29, 0.717) is 16.0 Å². The van der Waals surface area contributed by atoms with Gasteiger partial charge in [0.25, 0.3) is 0 Å². The molecule has 2 nitrogen and oxygen atoms in total. The first-order valence-corrected chi connectivity index (χ1v) is 8.48. The second-order valence-electron chi connectivity index (χ2n) is 4.26. The summed E-state index contributed by atoms with van der Waals surface area (Å²) in [7, 11) is 3.18. The van der Waals surface area contributed by atoms with Gasteiger partial charge in [-0.2, -0.15) is 0 Å². The van der Waals surface area contributed by atoms with Crippen LogP contribution in [0.1, 0.15) is 16.0 Å². The van der Waals surface area contributed by atoms with Gasteiger partial charge in [-0.15, -0.1) is 0 Å². The molecule has 0 N–H and O–H groups in total. The Kier molecular flexibility index (Phi) is 5.68. The minimum atomic E-state index is -0.281. The standard InChI is InChI=1S/C15H12Br3FO2/c1-20-13-6-10(12(17)7-14(13)21-2)15(18)9-4-3-8(19)5-11(9)16/h3-7,15H,1-2H3. The van der Waals surface area contributed by atoms with Crippen LogP contribution in [-0.2, 0) is 0 Å². The van der Waals surface area contributed by atoms with Crippen molar-refractivity contribution in [2.45, 2.75) is 4.83 Å². The summed E-state index contributed by atoms with van der Waals surface area (Å²) < 4.78 is 25.4. The van der Waals surface area contributed by atoms with Crippen LogP contribution in [0.3, 0.4) is 0 Å². The second-order valence-corrected chi connectivity index (χ2v) is 6.88. The van der Waals surface area contributed by atoms with Crippen molar-refractivity contribution in [2.24, 2.45) is 0 Å². The van der Waals surface area contributed by atoms with Crippen molar-refractivity contribution in [3.8, 4) is 11.5 Å². The van der Waals surface area contributed by atoms with Crippen molar-refractivity contribution in [1.82, 2.24) is 0 Å². The fourth-order valence-electron chi connectivity index (χ4n) is 1.94. The highest BCUT2D eigenvalue weighted by molar-refractivity contribution is 9.11. The fourth-order valence-corrected chi connectivity index (χ4v) is 4.46. The van der Waals surface area contributed by atoms with E-state index in [9.17, 15) is 4.39 Å². The van der Waals surface area contributed by atoms with Crippen LogP contribution in [0.5, 0.6) is 11.5 Å². The van der Waals surface area contributed by atoms with Gasteiger partial charge in [0.15, 0.2) is 11.5 Å². The largest absolute Gasteiger partial charge is 0.493 e. The van der Waals surface area contributed by atoms with Crippen molar-refractivity contribution in [1.29, 1.82) is 0 Å². The van der Waals surface area contributed by atoms with E-state index in [-0.39, 0.29) is 10.6 Å². The van der Waals surface area contributed by atoms with Crippen LogP contribution < -0.4 is 9.47 Å². The maximum Gasteiger partial charge on any atom is 0.161 e. The molecule has 0 heterocycles. The third kappa shape index (κ3) is 3.60. The van der Waals surface area contributed by atoms with Crippen LogP contribution in [0.15, 0.2) is 39.3 Å². The van der Waals surface area contributed by atoms with Crippen LogP contribution in [0.4, 0.5) is 4.39 Å². The van der Waals surface area contributed by atoms with E-state index in [4.69, 9.17) is 9.47 Å². The summed E-state index contributed by atoms with van der Waals surface area (Å²) in [5.74, 6) is 1.00. The first-order valence-electron chi connectivity index (χ1n) is 5.98. The highest BCUT2D eigenvalue weighted by Gasteiger charge is 2.19. The van der Waals surface area contributed by atoms with Crippen LogP contribution in [0.25, 0.3) is 0 Å². The predicted octanol–water partition coefficient (Wildman–Crippen LogP) is 5.85.